The Morgan fingerprint density at radius 1 is 1.06 bits per heavy atom. The average Bonchev–Trinajstić information content (AvgIpc) is 2.59. The summed E-state index contributed by atoms with van der Waals surface area (Å²) in [6.45, 7) is 5.92. The Balaban J connectivity index is 2.39. The standard InChI is InChI=1S/C13H19NO2S/c1-10-4-8-13(9-5-10)17(15,16)14-11(2)6-7-12(14)3/h4-5,8-9,11-12H,6-7H2,1-3H3/t11-,12?/m1/s1. The topological polar surface area (TPSA) is 37.4 Å². The van der Waals surface area contributed by atoms with Crippen molar-refractivity contribution < 1.29 is 8.42 Å². The van der Waals surface area contributed by atoms with E-state index < -0.39 is 10.0 Å². The maximum Gasteiger partial charge on any atom is 0.243 e. The van der Waals surface area contributed by atoms with Gasteiger partial charge in [-0.05, 0) is 45.7 Å². The third kappa shape index (κ3) is 2.24. The highest BCUT2D eigenvalue weighted by molar-refractivity contribution is 7.89. The Hall–Kier alpha value is -0.870. The molecule has 1 aromatic rings. The van der Waals surface area contributed by atoms with Crippen LogP contribution < -0.4 is 0 Å². The quantitative estimate of drug-likeness (QED) is 0.812. The monoisotopic (exact) mass is 253 g/mol. The Bertz CT molecular complexity index is 483. The van der Waals surface area contributed by atoms with Gasteiger partial charge in [0.05, 0.1) is 4.90 Å². The van der Waals surface area contributed by atoms with Crippen LogP contribution >= 0.6 is 0 Å². The molecule has 1 saturated heterocycles. The largest absolute Gasteiger partial charge is 0.243 e. The summed E-state index contributed by atoms with van der Waals surface area (Å²) < 4.78 is 26.6. The first-order valence-corrected chi connectivity index (χ1v) is 7.47. The minimum Gasteiger partial charge on any atom is -0.207 e. The predicted molar refractivity (Wildman–Crippen MR) is 68.4 cm³/mol. The van der Waals surface area contributed by atoms with Crippen LogP contribution in [0.4, 0.5) is 0 Å². The van der Waals surface area contributed by atoms with E-state index in [1.807, 2.05) is 32.9 Å². The van der Waals surface area contributed by atoms with Crippen LogP contribution in [0.5, 0.6) is 0 Å². The van der Waals surface area contributed by atoms with E-state index in [0.717, 1.165) is 18.4 Å². The number of aryl methyl sites for hydroxylation is 1. The van der Waals surface area contributed by atoms with Crippen molar-refractivity contribution in [3.63, 3.8) is 0 Å². The van der Waals surface area contributed by atoms with E-state index in [0.29, 0.717) is 4.90 Å². The molecule has 1 aliphatic rings. The Morgan fingerprint density at radius 3 is 2.00 bits per heavy atom. The van der Waals surface area contributed by atoms with Gasteiger partial charge >= 0.3 is 0 Å². The van der Waals surface area contributed by atoms with Crippen molar-refractivity contribution in [3.05, 3.63) is 29.8 Å². The van der Waals surface area contributed by atoms with E-state index >= 15 is 0 Å². The van der Waals surface area contributed by atoms with Gasteiger partial charge in [-0.3, -0.25) is 0 Å². The molecule has 0 bridgehead atoms. The van der Waals surface area contributed by atoms with Crippen LogP contribution in [-0.2, 0) is 10.0 Å². The number of hydrogen-bond donors (Lipinski definition) is 0. The molecule has 1 aromatic carbocycles. The van der Waals surface area contributed by atoms with E-state index in [1.165, 1.54) is 0 Å². The normalized spacial score (nSPS) is 26.3. The molecule has 17 heavy (non-hydrogen) atoms. The van der Waals surface area contributed by atoms with Gasteiger partial charge < -0.3 is 0 Å². The molecule has 0 spiro atoms. The second kappa shape index (κ2) is 4.42. The first-order valence-electron chi connectivity index (χ1n) is 6.03. The average molecular weight is 253 g/mol. The molecule has 0 N–H and O–H groups in total. The lowest BCUT2D eigenvalue weighted by Crippen LogP contribution is -2.38. The van der Waals surface area contributed by atoms with E-state index in [-0.39, 0.29) is 12.1 Å². The molecule has 3 nitrogen and oxygen atoms in total. The third-order valence-corrected chi connectivity index (χ3v) is 5.61. The molecule has 0 aliphatic carbocycles. The van der Waals surface area contributed by atoms with Gasteiger partial charge in [0.2, 0.25) is 10.0 Å². The van der Waals surface area contributed by atoms with Crippen molar-refractivity contribution in [1.82, 2.24) is 4.31 Å². The lowest BCUT2D eigenvalue weighted by atomic mass is 10.2. The number of rotatable bonds is 2. The number of nitrogens with zero attached hydrogens (tertiary/aromatic N) is 1. The van der Waals surface area contributed by atoms with Crippen molar-refractivity contribution in [2.45, 2.75) is 50.6 Å². The molecule has 2 atom stereocenters. The first-order chi connectivity index (χ1) is 7.93. The summed E-state index contributed by atoms with van der Waals surface area (Å²) in [5.41, 5.74) is 1.08. The molecule has 0 aromatic heterocycles. The highest BCUT2D eigenvalue weighted by Crippen LogP contribution is 2.30. The third-order valence-electron chi connectivity index (χ3n) is 3.47. The highest BCUT2D eigenvalue weighted by atomic mass is 32.2. The van der Waals surface area contributed by atoms with E-state index in [1.54, 1.807) is 16.4 Å². The van der Waals surface area contributed by atoms with Crippen LogP contribution in [0.25, 0.3) is 0 Å². The van der Waals surface area contributed by atoms with Gasteiger partial charge in [0, 0.05) is 12.1 Å². The van der Waals surface area contributed by atoms with Crippen LogP contribution in [0.15, 0.2) is 29.2 Å². The van der Waals surface area contributed by atoms with Crippen LogP contribution in [-0.4, -0.2) is 24.8 Å². The van der Waals surface area contributed by atoms with Crippen molar-refractivity contribution in [2.24, 2.45) is 0 Å². The predicted octanol–water partition coefficient (Wildman–Crippen LogP) is 2.56. The molecule has 0 radical (unpaired) electrons. The van der Waals surface area contributed by atoms with Gasteiger partial charge in [-0.2, -0.15) is 4.31 Å². The minimum atomic E-state index is -3.32. The van der Waals surface area contributed by atoms with Crippen LogP contribution in [0, 0.1) is 6.92 Å². The molecule has 1 aliphatic heterocycles. The van der Waals surface area contributed by atoms with E-state index in [9.17, 15) is 8.42 Å². The van der Waals surface area contributed by atoms with Crippen molar-refractivity contribution in [2.75, 3.05) is 0 Å². The van der Waals surface area contributed by atoms with Gasteiger partial charge in [-0.15, -0.1) is 0 Å². The maximum atomic E-state index is 12.5. The second-order valence-corrected chi connectivity index (χ2v) is 6.77. The molecular formula is C13H19NO2S. The van der Waals surface area contributed by atoms with Gasteiger partial charge in [0.15, 0.2) is 0 Å². The summed E-state index contributed by atoms with van der Waals surface area (Å²) in [6, 6.07) is 7.30. The minimum absolute atomic E-state index is 0.108. The molecule has 2 rings (SSSR count). The molecule has 1 unspecified atom stereocenters. The maximum absolute atomic E-state index is 12.5. The lowest BCUT2D eigenvalue weighted by molar-refractivity contribution is 0.350. The van der Waals surface area contributed by atoms with Gasteiger partial charge in [0.25, 0.3) is 0 Å². The number of benzene rings is 1. The molecule has 0 saturated carbocycles. The lowest BCUT2D eigenvalue weighted by Gasteiger charge is -2.25. The SMILES string of the molecule is Cc1ccc(S(=O)(=O)N2C(C)CC[C@H]2C)cc1. The van der Waals surface area contributed by atoms with E-state index in [4.69, 9.17) is 0 Å². The fraction of sp³-hybridized carbons (Fsp3) is 0.538. The van der Waals surface area contributed by atoms with Gasteiger partial charge in [-0.1, -0.05) is 17.7 Å². The Labute approximate surface area is 104 Å². The first kappa shape index (κ1) is 12.6. The summed E-state index contributed by atoms with van der Waals surface area (Å²) in [6.07, 6.45) is 1.90. The fourth-order valence-electron chi connectivity index (χ4n) is 2.48. The molecule has 1 fully saturated rings. The van der Waals surface area contributed by atoms with Gasteiger partial charge in [0.1, 0.15) is 0 Å². The summed E-state index contributed by atoms with van der Waals surface area (Å²) in [5.74, 6) is 0. The van der Waals surface area contributed by atoms with Crippen molar-refractivity contribution >= 4 is 10.0 Å². The van der Waals surface area contributed by atoms with Crippen molar-refractivity contribution in [3.8, 4) is 0 Å². The smallest absolute Gasteiger partial charge is 0.207 e. The zero-order chi connectivity index (χ0) is 12.6. The van der Waals surface area contributed by atoms with Gasteiger partial charge in [-0.25, -0.2) is 8.42 Å². The summed E-state index contributed by atoms with van der Waals surface area (Å²) in [4.78, 5) is 0.406. The summed E-state index contributed by atoms with van der Waals surface area (Å²) in [7, 11) is -3.32. The molecule has 1 heterocycles. The number of hydrogen-bond acceptors (Lipinski definition) is 2. The van der Waals surface area contributed by atoms with E-state index in [2.05, 4.69) is 0 Å². The molecule has 0 amide bonds. The second-order valence-electron chi connectivity index (χ2n) is 4.92. The Kier molecular flexibility index (Phi) is 3.27. The fourth-order valence-corrected chi connectivity index (χ4v) is 4.36. The summed E-state index contributed by atoms with van der Waals surface area (Å²) in [5, 5.41) is 0. The van der Waals surface area contributed by atoms with Crippen LogP contribution in [0.3, 0.4) is 0 Å². The summed E-state index contributed by atoms with van der Waals surface area (Å²) >= 11 is 0. The zero-order valence-electron chi connectivity index (χ0n) is 10.6. The van der Waals surface area contributed by atoms with Crippen molar-refractivity contribution in [1.29, 1.82) is 0 Å². The zero-order valence-corrected chi connectivity index (χ0v) is 11.4. The van der Waals surface area contributed by atoms with Crippen LogP contribution in [0.2, 0.25) is 0 Å². The highest BCUT2D eigenvalue weighted by Gasteiger charge is 2.37. The molecular weight excluding hydrogens is 234 g/mol. The van der Waals surface area contributed by atoms with Crippen LogP contribution in [0.1, 0.15) is 32.3 Å². The molecule has 94 valence electrons. The Morgan fingerprint density at radius 2 is 1.53 bits per heavy atom. The number of sulfonamides is 1. The molecule has 4 heteroatoms.